The molecule has 0 bridgehead atoms. The summed E-state index contributed by atoms with van der Waals surface area (Å²) in [5, 5.41) is 0. The number of hydrogen-bond acceptors (Lipinski definition) is 2. The normalized spacial score (nSPS) is 18.4. The quantitative estimate of drug-likeness (QED) is 0.823. The van der Waals surface area contributed by atoms with E-state index in [0.29, 0.717) is 26.2 Å². The van der Waals surface area contributed by atoms with Crippen molar-refractivity contribution in [2.75, 3.05) is 32.7 Å². The van der Waals surface area contributed by atoms with Gasteiger partial charge in [0.1, 0.15) is 0 Å². The van der Waals surface area contributed by atoms with Gasteiger partial charge in [0.25, 0.3) is 0 Å². The Kier molecular flexibility index (Phi) is 5.09. The van der Waals surface area contributed by atoms with Crippen LogP contribution >= 0.6 is 15.9 Å². The number of nitrogens with zero attached hydrogens (tertiary/aromatic N) is 2. The predicted molar refractivity (Wildman–Crippen MR) is 76.7 cm³/mol. The molecule has 1 aromatic carbocycles. The molecule has 2 rings (SSSR count). The van der Waals surface area contributed by atoms with Gasteiger partial charge in [-0.15, -0.1) is 0 Å². The van der Waals surface area contributed by atoms with Crippen molar-refractivity contribution >= 4 is 15.9 Å². The Bertz CT molecular complexity index is 454. The summed E-state index contributed by atoms with van der Waals surface area (Å²) in [5.74, 6) is 0. The molecule has 2 nitrogen and oxygen atoms in total. The van der Waals surface area contributed by atoms with E-state index in [-0.39, 0.29) is 0 Å². The van der Waals surface area contributed by atoms with Crippen molar-refractivity contribution in [3.05, 3.63) is 33.8 Å². The van der Waals surface area contributed by atoms with Crippen LogP contribution in [0.4, 0.5) is 13.2 Å². The zero-order valence-electron chi connectivity index (χ0n) is 11.4. The van der Waals surface area contributed by atoms with Gasteiger partial charge in [0.15, 0.2) is 0 Å². The molecular formula is C14H18BrF3N2. The summed E-state index contributed by atoms with van der Waals surface area (Å²) in [6.07, 6.45) is -4.10. The topological polar surface area (TPSA) is 6.48 Å². The van der Waals surface area contributed by atoms with Crippen molar-refractivity contribution in [2.45, 2.75) is 19.6 Å². The monoisotopic (exact) mass is 350 g/mol. The highest BCUT2D eigenvalue weighted by Crippen LogP contribution is 2.23. The second-order valence-corrected chi connectivity index (χ2v) is 6.01. The lowest BCUT2D eigenvalue weighted by Gasteiger charge is -2.35. The minimum absolute atomic E-state index is 0.475. The zero-order chi connectivity index (χ0) is 14.8. The molecule has 0 N–H and O–H groups in total. The molecule has 6 heteroatoms. The summed E-state index contributed by atoms with van der Waals surface area (Å²) in [4.78, 5) is 3.67. The van der Waals surface area contributed by atoms with Crippen LogP contribution in [0.3, 0.4) is 0 Å². The second-order valence-electron chi connectivity index (χ2n) is 5.22. The number of benzene rings is 1. The lowest BCUT2D eigenvalue weighted by molar-refractivity contribution is -0.149. The van der Waals surface area contributed by atoms with Gasteiger partial charge in [0, 0.05) is 37.2 Å². The third-order valence-corrected chi connectivity index (χ3v) is 4.67. The summed E-state index contributed by atoms with van der Waals surface area (Å²) >= 11 is 3.57. The van der Waals surface area contributed by atoms with Crippen LogP contribution < -0.4 is 0 Å². The van der Waals surface area contributed by atoms with Crippen molar-refractivity contribution in [2.24, 2.45) is 0 Å². The van der Waals surface area contributed by atoms with Gasteiger partial charge in [-0.05, 0) is 18.1 Å². The van der Waals surface area contributed by atoms with Crippen LogP contribution in [-0.2, 0) is 6.54 Å². The fraction of sp³-hybridized carbons (Fsp3) is 0.571. The molecule has 1 aliphatic heterocycles. The molecule has 1 heterocycles. The van der Waals surface area contributed by atoms with Crippen molar-refractivity contribution in [3.63, 3.8) is 0 Å². The molecule has 20 heavy (non-hydrogen) atoms. The SMILES string of the molecule is Cc1cccc(CN2CCN(CC(F)(F)F)CC2)c1Br. The van der Waals surface area contributed by atoms with E-state index < -0.39 is 12.7 Å². The van der Waals surface area contributed by atoms with E-state index in [9.17, 15) is 13.2 Å². The Morgan fingerprint density at radius 3 is 2.30 bits per heavy atom. The molecule has 0 unspecified atom stereocenters. The number of piperazine rings is 1. The maximum absolute atomic E-state index is 12.3. The van der Waals surface area contributed by atoms with Crippen molar-refractivity contribution in [3.8, 4) is 0 Å². The average molecular weight is 351 g/mol. The minimum atomic E-state index is -4.10. The molecular weight excluding hydrogens is 333 g/mol. The average Bonchev–Trinajstić information content (AvgIpc) is 2.35. The first-order chi connectivity index (χ1) is 9.35. The molecule has 0 aromatic heterocycles. The van der Waals surface area contributed by atoms with Crippen molar-refractivity contribution in [1.29, 1.82) is 0 Å². The zero-order valence-corrected chi connectivity index (χ0v) is 13.0. The molecule has 0 aliphatic carbocycles. The molecule has 0 saturated carbocycles. The van der Waals surface area contributed by atoms with Crippen LogP contribution in [0.1, 0.15) is 11.1 Å². The van der Waals surface area contributed by atoms with Crippen LogP contribution in [0.25, 0.3) is 0 Å². The highest BCUT2D eigenvalue weighted by Gasteiger charge is 2.32. The summed E-state index contributed by atoms with van der Waals surface area (Å²) in [5.41, 5.74) is 2.37. The van der Waals surface area contributed by atoms with Gasteiger partial charge in [0.2, 0.25) is 0 Å². The van der Waals surface area contributed by atoms with Crippen molar-refractivity contribution < 1.29 is 13.2 Å². The largest absolute Gasteiger partial charge is 0.401 e. The predicted octanol–water partition coefficient (Wildman–Crippen LogP) is 3.44. The number of hydrogen-bond donors (Lipinski definition) is 0. The highest BCUT2D eigenvalue weighted by atomic mass is 79.9. The third-order valence-electron chi connectivity index (χ3n) is 3.53. The maximum Gasteiger partial charge on any atom is 0.401 e. The number of rotatable bonds is 3. The van der Waals surface area contributed by atoms with Crippen LogP contribution in [-0.4, -0.2) is 48.7 Å². The van der Waals surface area contributed by atoms with Crippen LogP contribution in [0.5, 0.6) is 0 Å². The second kappa shape index (κ2) is 6.45. The maximum atomic E-state index is 12.3. The van der Waals surface area contributed by atoms with E-state index in [1.807, 2.05) is 19.1 Å². The first-order valence-corrected chi connectivity index (χ1v) is 7.40. The first-order valence-electron chi connectivity index (χ1n) is 6.60. The summed E-state index contributed by atoms with van der Waals surface area (Å²) in [6.45, 7) is 4.32. The molecule has 0 spiro atoms. The smallest absolute Gasteiger partial charge is 0.297 e. The lowest BCUT2D eigenvalue weighted by Crippen LogP contribution is -2.48. The van der Waals surface area contributed by atoms with E-state index in [4.69, 9.17) is 0 Å². The molecule has 1 aliphatic rings. The number of aryl methyl sites for hydroxylation is 1. The highest BCUT2D eigenvalue weighted by molar-refractivity contribution is 9.10. The fourth-order valence-electron chi connectivity index (χ4n) is 2.43. The van der Waals surface area contributed by atoms with E-state index in [2.05, 4.69) is 26.9 Å². The van der Waals surface area contributed by atoms with Gasteiger partial charge in [-0.3, -0.25) is 9.80 Å². The minimum Gasteiger partial charge on any atom is -0.297 e. The Morgan fingerprint density at radius 2 is 1.70 bits per heavy atom. The molecule has 112 valence electrons. The lowest BCUT2D eigenvalue weighted by atomic mass is 10.1. The van der Waals surface area contributed by atoms with Gasteiger partial charge >= 0.3 is 6.18 Å². The Labute approximate surface area is 125 Å². The van der Waals surface area contributed by atoms with Crippen LogP contribution in [0.15, 0.2) is 22.7 Å². The van der Waals surface area contributed by atoms with Crippen LogP contribution in [0, 0.1) is 6.92 Å². The summed E-state index contributed by atoms with van der Waals surface area (Å²) in [6, 6.07) is 6.10. The summed E-state index contributed by atoms with van der Waals surface area (Å²) in [7, 11) is 0. The molecule has 1 aromatic rings. The Balaban J connectivity index is 1.87. The van der Waals surface area contributed by atoms with Crippen LogP contribution in [0.2, 0.25) is 0 Å². The molecule has 0 amide bonds. The molecule has 1 fully saturated rings. The van der Waals surface area contributed by atoms with Gasteiger partial charge in [-0.1, -0.05) is 34.1 Å². The first kappa shape index (κ1) is 15.8. The number of halogens is 4. The molecule has 1 saturated heterocycles. The Morgan fingerprint density at radius 1 is 1.10 bits per heavy atom. The summed E-state index contributed by atoms with van der Waals surface area (Å²) < 4.78 is 38.1. The standard InChI is InChI=1S/C14H18BrF3N2/c1-11-3-2-4-12(13(11)15)9-19-5-7-20(8-6-19)10-14(16,17)18/h2-4H,5-10H2,1H3. The van der Waals surface area contributed by atoms with Crippen molar-refractivity contribution in [1.82, 2.24) is 9.80 Å². The van der Waals surface area contributed by atoms with E-state index in [1.54, 1.807) is 0 Å². The molecule has 0 radical (unpaired) electrons. The van der Waals surface area contributed by atoms with Gasteiger partial charge < -0.3 is 0 Å². The van der Waals surface area contributed by atoms with E-state index in [1.165, 1.54) is 16.0 Å². The molecule has 0 atom stereocenters. The third kappa shape index (κ3) is 4.46. The van der Waals surface area contributed by atoms with Gasteiger partial charge in [-0.2, -0.15) is 13.2 Å². The van der Waals surface area contributed by atoms with Gasteiger partial charge in [0.05, 0.1) is 6.54 Å². The Hall–Kier alpha value is -0.590. The number of alkyl halides is 3. The van der Waals surface area contributed by atoms with Gasteiger partial charge in [-0.25, -0.2) is 0 Å². The van der Waals surface area contributed by atoms with E-state index in [0.717, 1.165) is 11.0 Å². The fourth-order valence-corrected chi connectivity index (χ4v) is 2.82. The van der Waals surface area contributed by atoms with E-state index >= 15 is 0 Å².